The molecule has 3 heterocycles. The first-order valence-electron chi connectivity index (χ1n) is 8.74. The third-order valence-corrected chi connectivity index (χ3v) is 4.60. The first kappa shape index (κ1) is 18.2. The van der Waals surface area contributed by atoms with Gasteiger partial charge in [0.15, 0.2) is 5.69 Å². The van der Waals surface area contributed by atoms with Crippen molar-refractivity contribution in [2.45, 2.75) is 32.9 Å². The van der Waals surface area contributed by atoms with Crippen molar-refractivity contribution in [1.29, 1.82) is 0 Å². The third-order valence-electron chi connectivity index (χ3n) is 4.60. The molecule has 1 fully saturated rings. The van der Waals surface area contributed by atoms with Crippen LogP contribution in [0.25, 0.3) is 0 Å². The highest BCUT2D eigenvalue weighted by atomic mass is 16.2. The fraction of sp³-hybridized carbons (Fsp3) is 0.588. The molecule has 0 saturated carbocycles. The maximum absolute atomic E-state index is 12.3. The molecule has 140 valence electrons. The molecule has 3 rings (SSSR count). The predicted octanol–water partition coefficient (Wildman–Crippen LogP) is 0.610. The SMILES string of the molecule is Cc1nnc(NC2CCN(Cc3cn(C)nc3C(=O)N(C)C)C2)nc1C. The lowest BCUT2D eigenvalue weighted by Crippen LogP contribution is -2.28. The van der Waals surface area contributed by atoms with E-state index in [2.05, 4.69) is 30.5 Å². The van der Waals surface area contributed by atoms with Crippen LogP contribution < -0.4 is 5.32 Å². The van der Waals surface area contributed by atoms with Gasteiger partial charge in [-0.3, -0.25) is 14.4 Å². The number of aryl methyl sites for hydroxylation is 3. The maximum atomic E-state index is 12.3. The summed E-state index contributed by atoms with van der Waals surface area (Å²) >= 11 is 0. The van der Waals surface area contributed by atoms with Crippen LogP contribution in [0, 0.1) is 13.8 Å². The average molecular weight is 358 g/mol. The number of anilines is 1. The van der Waals surface area contributed by atoms with E-state index in [0.717, 1.165) is 36.5 Å². The molecule has 9 heteroatoms. The van der Waals surface area contributed by atoms with Crippen LogP contribution in [0.15, 0.2) is 6.20 Å². The zero-order valence-electron chi connectivity index (χ0n) is 16.0. The number of hydrogen-bond donors (Lipinski definition) is 1. The highest BCUT2D eigenvalue weighted by Gasteiger charge is 2.26. The first-order chi connectivity index (χ1) is 12.3. The number of amides is 1. The summed E-state index contributed by atoms with van der Waals surface area (Å²) in [7, 11) is 5.33. The van der Waals surface area contributed by atoms with Crippen LogP contribution >= 0.6 is 0 Å². The number of nitrogens with zero attached hydrogens (tertiary/aromatic N) is 7. The third kappa shape index (κ3) is 3.98. The molecule has 0 spiro atoms. The molecule has 26 heavy (non-hydrogen) atoms. The predicted molar refractivity (Wildman–Crippen MR) is 97.8 cm³/mol. The first-order valence-corrected chi connectivity index (χ1v) is 8.74. The van der Waals surface area contributed by atoms with E-state index in [1.165, 1.54) is 0 Å². The molecular weight excluding hydrogens is 332 g/mol. The Bertz CT molecular complexity index is 800. The van der Waals surface area contributed by atoms with Crippen LogP contribution in [0.1, 0.15) is 33.9 Å². The Kier molecular flexibility index (Phi) is 5.17. The Labute approximate surface area is 153 Å². The summed E-state index contributed by atoms with van der Waals surface area (Å²) in [5.41, 5.74) is 3.21. The maximum Gasteiger partial charge on any atom is 0.274 e. The summed E-state index contributed by atoms with van der Waals surface area (Å²) in [5.74, 6) is 0.508. The summed E-state index contributed by atoms with van der Waals surface area (Å²) in [6.45, 7) is 6.34. The van der Waals surface area contributed by atoms with E-state index in [0.29, 0.717) is 18.2 Å². The van der Waals surface area contributed by atoms with Crippen molar-refractivity contribution in [3.8, 4) is 0 Å². The van der Waals surface area contributed by atoms with Gasteiger partial charge >= 0.3 is 0 Å². The van der Waals surface area contributed by atoms with Gasteiger partial charge in [0.25, 0.3) is 5.91 Å². The van der Waals surface area contributed by atoms with Crippen molar-refractivity contribution in [3.63, 3.8) is 0 Å². The van der Waals surface area contributed by atoms with Gasteiger partial charge in [0.1, 0.15) is 0 Å². The fourth-order valence-corrected chi connectivity index (χ4v) is 3.08. The average Bonchev–Trinajstić information content (AvgIpc) is 3.17. The monoisotopic (exact) mass is 358 g/mol. The largest absolute Gasteiger partial charge is 0.349 e. The molecule has 1 saturated heterocycles. The molecule has 0 aliphatic carbocycles. The second kappa shape index (κ2) is 7.36. The number of carbonyl (C=O) groups is 1. The van der Waals surface area contributed by atoms with Gasteiger partial charge in [-0.25, -0.2) is 4.98 Å². The van der Waals surface area contributed by atoms with Crippen molar-refractivity contribution in [3.05, 3.63) is 28.8 Å². The van der Waals surface area contributed by atoms with E-state index >= 15 is 0 Å². The Hall–Kier alpha value is -2.55. The van der Waals surface area contributed by atoms with E-state index in [9.17, 15) is 4.79 Å². The van der Waals surface area contributed by atoms with Gasteiger partial charge < -0.3 is 10.2 Å². The second-order valence-electron chi connectivity index (χ2n) is 7.05. The number of likely N-dealkylation sites (tertiary alicyclic amines) is 1. The molecule has 1 atom stereocenters. The Morgan fingerprint density at radius 3 is 2.77 bits per heavy atom. The minimum absolute atomic E-state index is 0.0657. The van der Waals surface area contributed by atoms with Crippen molar-refractivity contribution in [1.82, 2.24) is 34.8 Å². The van der Waals surface area contributed by atoms with Crippen LogP contribution in [-0.4, -0.2) is 73.9 Å². The number of rotatable bonds is 5. The molecule has 1 N–H and O–H groups in total. The molecule has 1 unspecified atom stereocenters. The summed E-state index contributed by atoms with van der Waals surface area (Å²) in [5, 5.41) is 15.9. The lowest BCUT2D eigenvalue weighted by atomic mass is 10.2. The number of hydrogen-bond acceptors (Lipinski definition) is 7. The van der Waals surface area contributed by atoms with Gasteiger partial charge in [-0.1, -0.05) is 0 Å². The molecule has 0 radical (unpaired) electrons. The lowest BCUT2D eigenvalue weighted by molar-refractivity contribution is 0.0819. The van der Waals surface area contributed by atoms with Gasteiger partial charge in [0.05, 0.1) is 11.4 Å². The van der Waals surface area contributed by atoms with Gasteiger partial charge in [-0.15, -0.1) is 5.10 Å². The Balaban J connectivity index is 1.63. The van der Waals surface area contributed by atoms with Gasteiger partial charge in [-0.05, 0) is 20.3 Å². The van der Waals surface area contributed by atoms with Crippen molar-refractivity contribution >= 4 is 11.9 Å². The fourth-order valence-electron chi connectivity index (χ4n) is 3.08. The molecular formula is C17H26N8O. The summed E-state index contributed by atoms with van der Waals surface area (Å²) in [6.07, 6.45) is 2.92. The van der Waals surface area contributed by atoms with Crippen LogP contribution in [-0.2, 0) is 13.6 Å². The Morgan fingerprint density at radius 2 is 2.08 bits per heavy atom. The Morgan fingerprint density at radius 1 is 1.31 bits per heavy atom. The molecule has 1 amide bonds. The summed E-state index contributed by atoms with van der Waals surface area (Å²) < 4.78 is 1.70. The highest BCUT2D eigenvalue weighted by molar-refractivity contribution is 5.93. The number of carbonyl (C=O) groups excluding carboxylic acids is 1. The van der Waals surface area contributed by atoms with Crippen LogP contribution in [0.4, 0.5) is 5.95 Å². The molecule has 9 nitrogen and oxygen atoms in total. The van der Waals surface area contributed by atoms with E-state index in [-0.39, 0.29) is 11.9 Å². The summed E-state index contributed by atoms with van der Waals surface area (Å²) in [4.78, 5) is 20.6. The zero-order chi connectivity index (χ0) is 18.8. The van der Waals surface area contributed by atoms with Crippen molar-refractivity contribution in [2.24, 2.45) is 7.05 Å². The van der Waals surface area contributed by atoms with Crippen LogP contribution in [0.5, 0.6) is 0 Å². The van der Waals surface area contributed by atoms with E-state index < -0.39 is 0 Å². The normalized spacial score (nSPS) is 17.5. The lowest BCUT2D eigenvalue weighted by Gasteiger charge is -2.17. The van der Waals surface area contributed by atoms with E-state index in [1.807, 2.05) is 27.1 Å². The highest BCUT2D eigenvalue weighted by Crippen LogP contribution is 2.18. The zero-order valence-corrected chi connectivity index (χ0v) is 16.0. The minimum Gasteiger partial charge on any atom is -0.349 e. The minimum atomic E-state index is -0.0657. The second-order valence-corrected chi connectivity index (χ2v) is 7.05. The molecule has 1 aliphatic heterocycles. The standard InChI is InChI=1S/C17H26N8O/c1-11-12(2)20-21-17(18-11)19-14-6-7-25(10-14)9-13-8-24(5)22-15(13)16(26)23(3)4/h8,14H,6-7,9-10H2,1-5H3,(H,18,19,21). The molecule has 2 aromatic heterocycles. The van der Waals surface area contributed by atoms with Crippen LogP contribution in [0.3, 0.4) is 0 Å². The molecule has 1 aliphatic rings. The quantitative estimate of drug-likeness (QED) is 0.837. The van der Waals surface area contributed by atoms with Crippen molar-refractivity contribution < 1.29 is 4.79 Å². The number of nitrogens with one attached hydrogen (secondary N) is 1. The van der Waals surface area contributed by atoms with Gasteiger partial charge in [-0.2, -0.15) is 10.2 Å². The smallest absolute Gasteiger partial charge is 0.274 e. The molecule has 0 aromatic carbocycles. The van der Waals surface area contributed by atoms with Gasteiger partial charge in [0.2, 0.25) is 5.95 Å². The van der Waals surface area contributed by atoms with E-state index in [1.54, 1.807) is 23.7 Å². The topological polar surface area (TPSA) is 92.1 Å². The number of aromatic nitrogens is 5. The van der Waals surface area contributed by atoms with Crippen molar-refractivity contribution in [2.75, 3.05) is 32.5 Å². The summed E-state index contributed by atoms with van der Waals surface area (Å²) in [6, 6.07) is 0.267. The molecule has 0 bridgehead atoms. The van der Waals surface area contributed by atoms with Gasteiger partial charge in [0, 0.05) is 58.6 Å². The molecule has 2 aromatic rings. The van der Waals surface area contributed by atoms with Crippen LogP contribution in [0.2, 0.25) is 0 Å². The van der Waals surface area contributed by atoms with E-state index in [4.69, 9.17) is 0 Å².